The lowest BCUT2D eigenvalue weighted by molar-refractivity contribution is -0.137. The summed E-state index contributed by atoms with van der Waals surface area (Å²) in [5, 5.41) is 2.76. The van der Waals surface area contributed by atoms with E-state index in [1.54, 1.807) is 0 Å². The second-order valence-electron chi connectivity index (χ2n) is 6.49. The number of halogens is 5. The Labute approximate surface area is 185 Å². The smallest absolute Gasteiger partial charge is 0.322 e. The summed E-state index contributed by atoms with van der Waals surface area (Å²) in [4.78, 5) is 16.3. The zero-order valence-corrected chi connectivity index (χ0v) is 18.0. The number of nitrogens with one attached hydrogen (secondary N) is 1. The van der Waals surface area contributed by atoms with Gasteiger partial charge in [-0.1, -0.05) is 23.2 Å². The molecular weight excluding hydrogens is 476 g/mol. The number of carbonyl (C=O) groups is 1. The van der Waals surface area contributed by atoms with Crippen molar-refractivity contribution in [1.29, 1.82) is 0 Å². The van der Waals surface area contributed by atoms with Crippen LogP contribution in [0.4, 0.5) is 18.9 Å². The van der Waals surface area contributed by atoms with Crippen molar-refractivity contribution in [2.45, 2.75) is 11.1 Å². The third kappa shape index (κ3) is 5.36. The SMILES string of the molecule is CS(=O)(=O)c1ccc(C(=O)Nc2ccc(Cl)c(-c3ccc(C(F)(F)F)cn3)c2)c(Cl)c1. The lowest BCUT2D eigenvalue weighted by Gasteiger charge is -2.11. The van der Waals surface area contributed by atoms with Crippen LogP contribution in [0.5, 0.6) is 0 Å². The predicted molar refractivity (Wildman–Crippen MR) is 112 cm³/mol. The largest absolute Gasteiger partial charge is 0.417 e. The first-order valence-corrected chi connectivity index (χ1v) is 11.1. The Kier molecular flexibility index (Phi) is 6.31. The number of alkyl halides is 3. The van der Waals surface area contributed by atoms with E-state index in [0.29, 0.717) is 11.8 Å². The molecule has 0 atom stereocenters. The van der Waals surface area contributed by atoms with Crippen LogP contribution in [-0.2, 0) is 16.0 Å². The summed E-state index contributed by atoms with van der Waals surface area (Å²) in [6.07, 6.45) is -2.81. The molecular formula is C20H13Cl2F3N2O3S. The summed E-state index contributed by atoms with van der Waals surface area (Å²) in [5.41, 5.74) is -0.0760. The minimum absolute atomic E-state index is 0.0313. The van der Waals surface area contributed by atoms with Gasteiger partial charge in [-0.3, -0.25) is 9.78 Å². The summed E-state index contributed by atoms with van der Waals surface area (Å²) in [5.74, 6) is -0.612. The topological polar surface area (TPSA) is 76.1 Å². The van der Waals surface area contributed by atoms with Gasteiger partial charge in [-0.15, -0.1) is 0 Å². The summed E-state index contributed by atoms with van der Waals surface area (Å²) in [6, 6.07) is 10.2. The van der Waals surface area contributed by atoms with E-state index >= 15 is 0 Å². The maximum Gasteiger partial charge on any atom is 0.417 e. The van der Waals surface area contributed by atoms with Crippen molar-refractivity contribution in [2.24, 2.45) is 0 Å². The summed E-state index contributed by atoms with van der Waals surface area (Å²) < 4.78 is 61.4. The number of hydrogen-bond acceptors (Lipinski definition) is 4. The van der Waals surface area contributed by atoms with Gasteiger partial charge in [0.15, 0.2) is 9.84 Å². The molecule has 2 aromatic carbocycles. The number of nitrogens with zero attached hydrogens (tertiary/aromatic N) is 1. The molecule has 0 radical (unpaired) electrons. The second-order valence-corrected chi connectivity index (χ2v) is 9.32. The molecule has 0 aliphatic heterocycles. The van der Waals surface area contributed by atoms with Gasteiger partial charge < -0.3 is 5.32 Å². The number of anilines is 1. The van der Waals surface area contributed by atoms with Crippen LogP contribution in [0, 0.1) is 0 Å². The van der Waals surface area contributed by atoms with Crippen molar-refractivity contribution < 1.29 is 26.4 Å². The van der Waals surface area contributed by atoms with Crippen molar-refractivity contribution in [3.05, 3.63) is 75.9 Å². The molecule has 11 heteroatoms. The van der Waals surface area contributed by atoms with E-state index in [4.69, 9.17) is 23.2 Å². The molecule has 5 nitrogen and oxygen atoms in total. The first-order chi connectivity index (χ1) is 14.4. The molecule has 0 aliphatic carbocycles. The number of hydrogen-bond donors (Lipinski definition) is 1. The Morgan fingerprint density at radius 1 is 1.00 bits per heavy atom. The van der Waals surface area contributed by atoms with Crippen LogP contribution in [0.15, 0.2) is 59.6 Å². The highest BCUT2D eigenvalue weighted by atomic mass is 35.5. The van der Waals surface area contributed by atoms with Gasteiger partial charge in [0.2, 0.25) is 0 Å². The van der Waals surface area contributed by atoms with Crippen LogP contribution in [0.3, 0.4) is 0 Å². The normalized spacial score (nSPS) is 11.9. The van der Waals surface area contributed by atoms with Gasteiger partial charge in [-0.2, -0.15) is 13.2 Å². The third-order valence-electron chi connectivity index (χ3n) is 4.20. The Hall–Kier alpha value is -2.62. The zero-order valence-electron chi connectivity index (χ0n) is 15.7. The maximum absolute atomic E-state index is 12.7. The van der Waals surface area contributed by atoms with Crippen molar-refractivity contribution in [3.63, 3.8) is 0 Å². The van der Waals surface area contributed by atoms with Gasteiger partial charge in [0, 0.05) is 23.7 Å². The van der Waals surface area contributed by atoms with E-state index in [1.165, 1.54) is 42.5 Å². The fourth-order valence-electron chi connectivity index (χ4n) is 2.63. The first-order valence-electron chi connectivity index (χ1n) is 8.50. The van der Waals surface area contributed by atoms with Gasteiger partial charge >= 0.3 is 6.18 Å². The molecule has 0 saturated heterocycles. The molecule has 162 valence electrons. The minimum Gasteiger partial charge on any atom is -0.322 e. The van der Waals surface area contributed by atoms with Crippen molar-refractivity contribution in [3.8, 4) is 11.3 Å². The number of pyridine rings is 1. The minimum atomic E-state index is -4.52. The van der Waals surface area contributed by atoms with Crippen molar-refractivity contribution in [2.75, 3.05) is 11.6 Å². The second kappa shape index (κ2) is 8.49. The highest BCUT2D eigenvalue weighted by Gasteiger charge is 2.30. The summed E-state index contributed by atoms with van der Waals surface area (Å²) in [6.45, 7) is 0. The molecule has 1 aromatic heterocycles. The highest BCUT2D eigenvalue weighted by Crippen LogP contribution is 2.33. The molecule has 3 aromatic rings. The van der Waals surface area contributed by atoms with Crippen LogP contribution < -0.4 is 5.32 Å². The Balaban J connectivity index is 1.88. The Morgan fingerprint density at radius 2 is 1.71 bits per heavy atom. The van der Waals surface area contributed by atoms with E-state index in [-0.39, 0.29) is 31.9 Å². The van der Waals surface area contributed by atoms with Gasteiger partial charge in [-0.25, -0.2) is 8.42 Å². The number of aromatic nitrogens is 1. The number of amides is 1. The van der Waals surface area contributed by atoms with E-state index < -0.39 is 27.5 Å². The van der Waals surface area contributed by atoms with Gasteiger partial charge in [0.05, 0.1) is 31.8 Å². The molecule has 0 saturated carbocycles. The Morgan fingerprint density at radius 3 is 2.26 bits per heavy atom. The monoisotopic (exact) mass is 488 g/mol. The Bertz CT molecular complexity index is 1260. The fourth-order valence-corrected chi connectivity index (χ4v) is 3.82. The summed E-state index contributed by atoms with van der Waals surface area (Å²) >= 11 is 12.2. The van der Waals surface area contributed by atoms with Crippen molar-refractivity contribution >= 4 is 44.6 Å². The van der Waals surface area contributed by atoms with Crippen LogP contribution in [0.2, 0.25) is 10.0 Å². The van der Waals surface area contributed by atoms with Crippen LogP contribution >= 0.6 is 23.2 Å². The van der Waals surface area contributed by atoms with Crippen LogP contribution in [0.25, 0.3) is 11.3 Å². The molecule has 0 aliphatic rings. The lowest BCUT2D eigenvalue weighted by Crippen LogP contribution is -2.13. The van der Waals surface area contributed by atoms with E-state index in [9.17, 15) is 26.4 Å². The fraction of sp³-hybridized carbons (Fsp3) is 0.100. The van der Waals surface area contributed by atoms with Crippen molar-refractivity contribution in [1.82, 2.24) is 4.98 Å². The maximum atomic E-state index is 12.7. The first kappa shape index (κ1) is 23.1. The van der Waals surface area contributed by atoms with E-state index in [1.807, 2.05) is 0 Å². The average molecular weight is 489 g/mol. The molecule has 1 amide bonds. The van der Waals surface area contributed by atoms with Gasteiger partial charge in [0.1, 0.15) is 0 Å². The van der Waals surface area contributed by atoms with E-state index in [2.05, 4.69) is 10.3 Å². The highest BCUT2D eigenvalue weighted by molar-refractivity contribution is 7.90. The molecule has 1 N–H and O–H groups in total. The molecule has 3 rings (SSSR count). The van der Waals surface area contributed by atoms with Gasteiger partial charge in [-0.05, 0) is 48.5 Å². The molecule has 0 bridgehead atoms. The lowest BCUT2D eigenvalue weighted by atomic mass is 10.1. The quantitative estimate of drug-likeness (QED) is 0.508. The predicted octanol–water partition coefficient (Wildman–Crippen LogP) is 5.73. The number of carbonyl (C=O) groups excluding carboxylic acids is 1. The molecule has 0 unspecified atom stereocenters. The standard InChI is InChI=1S/C20H13Cl2F3N2O3S/c1-31(29,30)13-4-5-14(17(22)9-13)19(28)27-12-3-6-16(21)15(8-12)18-7-2-11(10-26-18)20(23,24)25/h2-10H,1H3,(H,27,28). The average Bonchev–Trinajstić information content (AvgIpc) is 2.68. The zero-order chi connectivity index (χ0) is 23.0. The molecule has 0 spiro atoms. The van der Waals surface area contributed by atoms with Crippen LogP contribution in [0.1, 0.15) is 15.9 Å². The molecule has 1 heterocycles. The number of benzene rings is 2. The van der Waals surface area contributed by atoms with Crippen LogP contribution in [-0.4, -0.2) is 25.6 Å². The number of sulfone groups is 1. The third-order valence-corrected chi connectivity index (χ3v) is 5.96. The summed E-state index contributed by atoms with van der Waals surface area (Å²) in [7, 11) is -3.49. The van der Waals surface area contributed by atoms with Gasteiger partial charge in [0.25, 0.3) is 5.91 Å². The molecule has 31 heavy (non-hydrogen) atoms. The van der Waals surface area contributed by atoms with E-state index in [0.717, 1.165) is 12.3 Å². The molecule has 0 fully saturated rings. The number of rotatable bonds is 4.